The minimum absolute atomic E-state index is 0.386. The van der Waals surface area contributed by atoms with Crippen LogP contribution < -0.4 is 0 Å². The third-order valence-corrected chi connectivity index (χ3v) is 9.44. The summed E-state index contributed by atoms with van der Waals surface area (Å²) >= 11 is 1.93. The number of hydrogen-bond donors (Lipinski definition) is 1. The lowest BCUT2D eigenvalue weighted by Gasteiger charge is -2.18. The molecule has 0 radical (unpaired) electrons. The summed E-state index contributed by atoms with van der Waals surface area (Å²) in [6.45, 7) is 0. The summed E-state index contributed by atoms with van der Waals surface area (Å²) < 4.78 is 2.76. The van der Waals surface area contributed by atoms with E-state index in [9.17, 15) is 0 Å². The van der Waals surface area contributed by atoms with Crippen LogP contribution in [0.15, 0.2) is 97.1 Å². The normalized spacial score (nSPS) is 15.8. The molecule has 1 unspecified atom stereocenters. The van der Waals surface area contributed by atoms with Gasteiger partial charge in [-0.1, -0.05) is 72.8 Å². The Morgan fingerprint density at radius 2 is 1.44 bits per heavy atom. The Morgan fingerprint density at radius 1 is 0.639 bits per heavy atom. The van der Waals surface area contributed by atoms with Crippen LogP contribution in [-0.2, 0) is 6.42 Å². The van der Waals surface area contributed by atoms with Gasteiger partial charge in [-0.2, -0.15) is 0 Å². The monoisotopic (exact) mass is 475 g/mol. The molecule has 5 aromatic carbocycles. The van der Waals surface area contributed by atoms with E-state index in [1.165, 1.54) is 80.9 Å². The van der Waals surface area contributed by atoms with Crippen LogP contribution in [0.4, 0.5) is 0 Å². The van der Waals surface area contributed by atoms with E-state index >= 15 is 0 Å². The molecule has 0 amide bonds. The maximum absolute atomic E-state index is 3.60. The fourth-order valence-corrected chi connectivity index (χ4v) is 7.84. The van der Waals surface area contributed by atoms with E-state index in [4.69, 9.17) is 0 Å². The molecule has 0 spiro atoms. The molecule has 7 aromatic rings. The maximum atomic E-state index is 3.60. The molecular formula is C34H21NS. The number of benzene rings is 5. The summed E-state index contributed by atoms with van der Waals surface area (Å²) in [6, 6.07) is 34.0. The molecule has 2 heterocycles. The number of allylic oxidation sites excluding steroid dienone is 1. The van der Waals surface area contributed by atoms with E-state index in [0.717, 1.165) is 6.42 Å². The van der Waals surface area contributed by atoms with Gasteiger partial charge in [0.15, 0.2) is 0 Å². The van der Waals surface area contributed by atoms with Crippen LogP contribution in [0.25, 0.3) is 70.2 Å². The highest BCUT2D eigenvalue weighted by Gasteiger charge is 2.25. The van der Waals surface area contributed by atoms with E-state index in [1.54, 1.807) is 0 Å². The van der Waals surface area contributed by atoms with Crippen LogP contribution in [0.3, 0.4) is 0 Å². The lowest BCUT2D eigenvalue weighted by Crippen LogP contribution is -2.04. The van der Waals surface area contributed by atoms with Crippen molar-refractivity contribution < 1.29 is 0 Å². The lowest BCUT2D eigenvalue weighted by atomic mass is 9.86. The highest BCUT2D eigenvalue weighted by Crippen LogP contribution is 2.52. The zero-order chi connectivity index (χ0) is 23.4. The van der Waals surface area contributed by atoms with Gasteiger partial charge in [-0.15, -0.1) is 11.3 Å². The second-order valence-corrected chi connectivity index (χ2v) is 11.2. The Kier molecular flexibility index (Phi) is 3.58. The molecule has 1 N–H and O–H groups in total. The number of para-hydroxylation sites is 1. The first kappa shape index (κ1) is 19.1. The number of aromatic amines is 1. The van der Waals surface area contributed by atoms with Crippen molar-refractivity contribution in [3.8, 4) is 22.3 Å². The number of thiophene rings is 1. The predicted octanol–water partition coefficient (Wildman–Crippen LogP) is 9.69. The molecule has 36 heavy (non-hydrogen) atoms. The number of hydrogen-bond acceptors (Lipinski definition) is 1. The standard InChI is InChI=1S/C34H21NS/c1-2-7-22-21(6-1)24-9-5-10-25-33(24)27(22)18-32-34(25)28-17-20(13-15-31(28)36-32)19-12-14-30-26(16-19)23-8-3-4-11-29(23)35-30/h1-15,17-19,35H,16H2. The van der Waals surface area contributed by atoms with Crippen LogP contribution in [-0.4, -0.2) is 4.98 Å². The summed E-state index contributed by atoms with van der Waals surface area (Å²) in [5.41, 5.74) is 10.8. The Labute approximate surface area is 212 Å². The first-order valence-corrected chi connectivity index (χ1v) is 13.4. The van der Waals surface area contributed by atoms with Crippen LogP contribution >= 0.6 is 11.3 Å². The SMILES string of the molecule is C1=CC(c2ccc3sc4cc5c6c(cccc6c4c3c2)-c2ccccc2-5)Cc2c1[nH]c1ccccc21. The van der Waals surface area contributed by atoms with Gasteiger partial charge in [0.25, 0.3) is 0 Å². The zero-order valence-electron chi connectivity index (χ0n) is 19.5. The maximum Gasteiger partial charge on any atom is 0.0461 e. The minimum Gasteiger partial charge on any atom is -0.355 e. The van der Waals surface area contributed by atoms with Crippen LogP contribution in [0.2, 0.25) is 0 Å². The molecule has 0 saturated heterocycles. The number of aromatic nitrogens is 1. The smallest absolute Gasteiger partial charge is 0.0461 e. The van der Waals surface area contributed by atoms with Gasteiger partial charge in [0.05, 0.1) is 0 Å². The van der Waals surface area contributed by atoms with Gasteiger partial charge in [-0.05, 0) is 80.9 Å². The molecule has 1 atom stereocenters. The van der Waals surface area contributed by atoms with E-state index in [0.29, 0.717) is 5.92 Å². The third kappa shape index (κ3) is 2.40. The van der Waals surface area contributed by atoms with Gasteiger partial charge in [0.2, 0.25) is 0 Å². The van der Waals surface area contributed by atoms with Crippen LogP contribution in [0.5, 0.6) is 0 Å². The Balaban J connectivity index is 1.26. The zero-order valence-corrected chi connectivity index (χ0v) is 20.3. The Hall–Kier alpha value is -4.14. The third-order valence-electron chi connectivity index (χ3n) is 8.32. The molecule has 2 aromatic heterocycles. The van der Waals surface area contributed by atoms with Crippen molar-refractivity contribution in [3.05, 3.63) is 114 Å². The van der Waals surface area contributed by atoms with Crippen molar-refractivity contribution in [2.75, 3.05) is 0 Å². The summed E-state index contributed by atoms with van der Waals surface area (Å²) in [5, 5.41) is 6.96. The van der Waals surface area contributed by atoms with Crippen LogP contribution in [0, 0.1) is 0 Å². The average Bonchev–Trinajstić information content (AvgIpc) is 3.59. The highest BCUT2D eigenvalue weighted by molar-refractivity contribution is 7.26. The Bertz CT molecular complexity index is 2080. The van der Waals surface area contributed by atoms with Crippen molar-refractivity contribution in [3.63, 3.8) is 0 Å². The summed E-state index contributed by atoms with van der Waals surface area (Å²) in [4.78, 5) is 3.60. The van der Waals surface area contributed by atoms with Crippen LogP contribution in [0.1, 0.15) is 22.7 Å². The van der Waals surface area contributed by atoms with Crippen molar-refractivity contribution in [2.45, 2.75) is 12.3 Å². The number of fused-ring (bicyclic) bond motifs is 10. The molecule has 1 nitrogen and oxygen atoms in total. The molecule has 0 bridgehead atoms. The van der Waals surface area contributed by atoms with Crippen molar-refractivity contribution >= 4 is 59.3 Å². The lowest BCUT2D eigenvalue weighted by molar-refractivity contribution is 0.833. The first-order chi connectivity index (χ1) is 17.8. The number of rotatable bonds is 1. The van der Waals surface area contributed by atoms with Gasteiger partial charge in [0.1, 0.15) is 0 Å². The molecule has 0 saturated carbocycles. The number of H-pyrrole nitrogens is 1. The number of nitrogens with one attached hydrogen (secondary N) is 1. The molecule has 2 aliphatic carbocycles. The first-order valence-electron chi connectivity index (χ1n) is 12.6. The van der Waals surface area contributed by atoms with Crippen molar-refractivity contribution in [1.29, 1.82) is 0 Å². The van der Waals surface area contributed by atoms with Gasteiger partial charge in [0, 0.05) is 42.7 Å². The van der Waals surface area contributed by atoms with E-state index in [-0.39, 0.29) is 0 Å². The topological polar surface area (TPSA) is 15.8 Å². The fraction of sp³-hybridized carbons (Fsp3) is 0.0588. The van der Waals surface area contributed by atoms with Gasteiger partial charge in [-0.3, -0.25) is 0 Å². The van der Waals surface area contributed by atoms with Crippen molar-refractivity contribution in [2.24, 2.45) is 0 Å². The van der Waals surface area contributed by atoms with Gasteiger partial charge >= 0.3 is 0 Å². The predicted molar refractivity (Wildman–Crippen MR) is 155 cm³/mol. The molecule has 2 heteroatoms. The molecule has 0 fully saturated rings. The summed E-state index contributed by atoms with van der Waals surface area (Å²) in [6.07, 6.45) is 5.70. The van der Waals surface area contributed by atoms with Gasteiger partial charge < -0.3 is 4.98 Å². The largest absolute Gasteiger partial charge is 0.355 e. The average molecular weight is 476 g/mol. The summed E-state index contributed by atoms with van der Waals surface area (Å²) in [7, 11) is 0. The quantitative estimate of drug-likeness (QED) is 0.243. The summed E-state index contributed by atoms with van der Waals surface area (Å²) in [5.74, 6) is 0.386. The molecule has 2 aliphatic rings. The van der Waals surface area contributed by atoms with Crippen molar-refractivity contribution in [1.82, 2.24) is 4.98 Å². The van der Waals surface area contributed by atoms with E-state index < -0.39 is 0 Å². The molecule has 168 valence electrons. The molecular weight excluding hydrogens is 454 g/mol. The van der Waals surface area contributed by atoms with E-state index in [1.807, 2.05) is 11.3 Å². The minimum atomic E-state index is 0.386. The molecule has 0 aliphatic heterocycles. The van der Waals surface area contributed by atoms with E-state index in [2.05, 4.69) is 108 Å². The highest BCUT2D eigenvalue weighted by atomic mass is 32.1. The molecule has 9 rings (SSSR count). The Morgan fingerprint density at radius 3 is 2.39 bits per heavy atom. The second-order valence-electron chi connectivity index (χ2n) is 10.2. The van der Waals surface area contributed by atoms with Gasteiger partial charge in [-0.25, -0.2) is 0 Å². The second kappa shape index (κ2) is 6.75. The fourth-order valence-electron chi connectivity index (χ4n) is 6.70.